The molecule has 0 aliphatic rings. The largest absolute Gasteiger partial charge is 0.437 e. The second-order valence-electron chi connectivity index (χ2n) is 5.37. The maximum Gasteiger partial charge on any atom is 0.437 e. The predicted octanol–water partition coefficient (Wildman–Crippen LogP) is 1.88. The predicted molar refractivity (Wildman–Crippen MR) is 87.5 cm³/mol. The molecule has 0 radical (unpaired) electrons. The van der Waals surface area contributed by atoms with Crippen molar-refractivity contribution in [1.82, 2.24) is 10.3 Å². The lowest BCUT2D eigenvalue weighted by molar-refractivity contribution is -0.568. The molecule has 24 heavy (non-hydrogen) atoms. The second kappa shape index (κ2) is 5.31. The molecule has 0 aliphatic carbocycles. The number of H-pyrrole nitrogens is 1. The van der Waals surface area contributed by atoms with Gasteiger partial charge in [0.05, 0.1) is 0 Å². The van der Waals surface area contributed by atoms with Crippen LogP contribution in [0.25, 0.3) is 27.8 Å². The van der Waals surface area contributed by atoms with E-state index in [0.29, 0.717) is 16.9 Å². The van der Waals surface area contributed by atoms with Crippen molar-refractivity contribution < 1.29 is 13.8 Å². The third kappa shape index (κ3) is 2.23. The van der Waals surface area contributed by atoms with E-state index in [9.17, 15) is 9.59 Å². The van der Waals surface area contributed by atoms with E-state index in [-0.39, 0.29) is 5.91 Å². The normalized spacial score (nSPS) is 11.0. The highest BCUT2D eigenvalue weighted by atomic mass is 16.5. The number of carbonyl (C=O) groups is 1. The number of carbonyl (C=O) groups excluding carboxylic acids is 1. The molecule has 0 atom stereocenters. The summed E-state index contributed by atoms with van der Waals surface area (Å²) in [6.45, 7) is 1.45. The zero-order chi connectivity index (χ0) is 16.7. The Kier molecular flexibility index (Phi) is 3.13. The summed E-state index contributed by atoms with van der Waals surface area (Å²) in [4.78, 5) is 27.8. The minimum absolute atomic E-state index is 0.143. The van der Waals surface area contributed by atoms with Gasteiger partial charge in [0.25, 0.3) is 5.52 Å². The van der Waals surface area contributed by atoms with Crippen LogP contribution in [0.3, 0.4) is 0 Å². The first-order valence-corrected chi connectivity index (χ1v) is 7.33. The standard InChI is InChI=1S/C17H12N4O3/c1-10(22)18-12-8-6-11(7-9-12)15-16-17(23)24-20-21(16)14-5-3-2-4-13(14)19-15/h2-9H,1H3,(H-,18,19,20,22,23)/p+1. The van der Waals surface area contributed by atoms with Crippen LogP contribution in [0.4, 0.5) is 5.69 Å². The fourth-order valence-corrected chi connectivity index (χ4v) is 2.68. The number of benzene rings is 2. The number of aromatic amines is 1. The monoisotopic (exact) mass is 321 g/mol. The van der Waals surface area contributed by atoms with Gasteiger partial charge in [0.2, 0.25) is 5.91 Å². The Morgan fingerprint density at radius 1 is 1.17 bits per heavy atom. The quantitative estimate of drug-likeness (QED) is 0.551. The van der Waals surface area contributed by atoms with Gasteiger partial charge in [0, 0.05) is 24.2 Å². The number of anilines is 1. The molecule has 4 rings (SSSR count). The van der Waals surface area contributed by atoms with Crippen LogP contribution in [0, 0.1) is 0 Å². The van der Waals surface area contributed by atoms with Crippen molar-refractivity contribution in [3.63, 3.8) is 0 Å². The van der Waals surface area contributed by atoms with E-state index in [1.165, 1.54) is 6.92 Å². The van der Waals surface area contributed by atoms with Crippen LogP contribution in [0.1, 0.15) is 6.92 Å². The van der Waals surface area contributed by atoms with Crippen molar-refractivity contribution in [2.24, 2.45) is 0 Å². The van der Waals surface area contributed by atoms with Crippen LogP contribution in [0.2, 0.25) is 0 Å². The number of para-hydroxylation sites is 2. The average molecular weight is 321 g/mol. The van der Waals surface area contributed by atoms with E-state index in [1.807, 2.05) is 24.3 Å². The Hall–Kier alpha value is -3.48. The maximum absolute atomic E-state index is 12.1. The molecule has 0 saturated heterocycles. The number of aromatic nitrogens is 3. The lowest BCUT2D eigenvalue weighted by Crippen LogP contribution is -2.27. The van der Waals surface area contributed by atoms with Crippen molar-refractivity contribution in [1.29, 1.82) is 0 Å². The Balaban J connectivity index is 1.96. The zero-order valence-electron chi connectivity index (χ0n) is 12.7. The fraction of sp³-hybridized carbons (Fsp3) is 0.0588. The van der Waals surface area contributed by atoms with Gasteiger partial charge in [0.15, 0.2) is 5.69 Å². The number of nitrogens with one attached hydrogen (secondary N) is 2. The summed E-state index contributed by atoms with van der Waals surface area (Å²) in [6, 6.07) is 14.6. The number of fused-ring (bicyclic) bond motifs is 3. The molecule has 2 aromatic carbocycles. The van der Waals surface area contributed by atoms with Crippen molar-refractivity contribution in [2.75, 3.05) is 5.32 Å². The summed E-state index contributed by atoms with van der Waals surface area (Å²) in [7, 11) is 0. The second-order valence-corrected chi connectivity index (χ2v) is 5.37. The number of nitrogens with zero attached hydrogens (tertiary/aromatic N) is 2. The van der Waals surface area contributed by atoms with Crippen molar-refractivity contribution in [3.8, 4) is 11.3 Å². The number of hydrogen-bond donors (Lipinski definition) is 2. The van der Waals surface area contributed by atoms with Crippen LogP contribution in [-0.2, 0) is 4.79 Å². The fourth-order valence-electron chi connectivity index (χ4n) is 2.68. The van der Waals surface area contributed by atoms with E-state index < -0.39 is 5.63 Å². The van der Waals surface area contributed by atoms with Crippen molar-refractivity contribution >= 4 is 28.1 Å². The van der Waals surface area contributed by atoms with Gasteiger partial charge in [-0.3, -0.25) is 9.32 Å². The van der Waals surface area contributed by atoms with Gasteiger partial charge in [0.1, 0.15) is 5.52 Å². The molecule has 7 heteroatoms. The summed E-state index contributed by atoms with van der Waals surface area (Å²) in [5.41, 5.74) is 3.26. The summed E-state index contributed by atoms with van der Waals surface area (Å²) in [5, 5.41) is 5.32. The van der Waals surface area contributed by atoms with Crippen LogP contribution in [0.15, 0.2) is 57.8 Å². The van der Waals surface area contributed by atoms with Crippen LogP contribution in [-0.4, -0.2) is 16.2 Å². The van der Waals surface area contributed by atoms with Gasteiger partial charge in [-0.2, -0.15) is 0 Å². The molecule has 0 spiro atoms. The molecule has 0 saturated carbocycles. The molecule has 0 bridgehead atoms. The maximum atomic E-state index is 12.1. The molecule has 0 aliphatic heterocycles. The first-order valence-electron chi connectivity index (χ1n) is 7.33. The highest BCUT2D eigenvalue weighted by Crippen LogP contribution is 2.23. The molecule has 2 aromatic heterocycles. The number of rotatable bonds is 2. The summed E-state index contributed by atoms with van der Waals surface area (Å²) >= 11 is 0. The first-order chi connectivity index (χ1) is 11.6. The van der Waals surface area contributed by atoms with E-state index in [0.717, 1.165) is 16.6 Å². The lowest BCUT2D eigenvalue weighted by atomic mass is 10.1. The Bertz CT molecular complexity index is 1130. The molecular weight excluding hydrogens is 308 g/mol. The Labute approximate surface area is 135 Å². The minimum atomic E-state index is -0.491. The van der Waals surface area contributed by atoms with Crippen molar-refractivity contribution in [3.05, 3.63) is 59.0 Å². The van der Waals surface area contributed by atoms with E-state index in [1.54, 1.807) is 28.8 Å². The molecular formula is C17H13N4O3+. The smallest absolute Gasteiger partial charge is 0.326 e. The zero-order valence-corrected chi connectivity index (χ0v) is 12.7. The van der Waals surface area contributed by atoms with Gasteiger partial charge in [-0.25, -0.2) is 9.78 Å². The third-order valence-corrected chi connectivity index (χ3v) is 3.70. The summed E-state index contributed by atoms with van der Waals surface area (Å²) in [6.07, 6.45) is 0. The molecule has 0 fully saturated rings. The molecule has 2 N–H and O–H groups in total. The van der Waals surface area contributed by atoms with E-state index >= 15 is 0 Å². The van der Waals surface area contributed by atoms with Crippen molar-refractivity contribution in [2.45, 2.75) is 6.92 Å². The van der Waals surface area contributed by atoms with Crippen LogP contribution >= 0.6 is 0 Å². The lowest BCUT2D eigenvalue weighted by Gasteiger charge is -2.04. The van der Waals surface area contributed by atoms with E-state index in [4.69, 9.17) is 4.52 Å². The van der Waals surface area contributed by atoms with E-state index in [2.05, 4.69) is 15.6 Å². The topological polar surface area (TPSA) is 92.1 Å². The van der Waals surface area contributed by atoms with Gasteiger partial charge in [-0.15, -0.1) is 0 Å². The molecule has 0 unspecified atom stereocenters. The minimum Gasteiger partial charge on any atom is -0.326 e. The van der Waals surface area contributed by atoms with Gasteiger partial charge < -0.3 is 5.32 Å². The molecule has 4 aromatic rings. The third-order valence-electron chi connectivity index (χ3n) is 3.70. The molecule has 2 heterocycles. The van der Waals surface area contributed by atoms with Crippen LogP contribution < -0.4 is 15.5 Å². The summed E-state index contributed by atoms with van der Waals surface area (Å²) < 4.78 is 6.53. The number of hydrogen-bond acceptors (Lipinski definition) is 4. The highest BCUT2D eigenvalue weighted by molar-refractivity contribution is 5.89. The van der Waals surface area contributed by atoms with Crippen LogP contribution in [0.5, 0.6) is 0 Å². The average Bonchev–Trinajstić information content (AvgIpc) is 2.97. The highest BCUT2D eigenvalue weighted by Gasteiger charge is 2.24. The van der Waals surface area contributed by atoms with Gasteiger partial charge in [-0.1, -0.05) is 24.3 Å². The number of amides is 1. The van der Waals surface area contributed by atoms with Gasteiger partial charge >= 0.3 is 11.1 Å². The SMILES string of the molecule is CC(=O)Nc1ccc(-c2nc3ccccc3[n+]3[nH]oc(=O)c23)cc1. The molecule has 1 amide bonds. The Morgan fingerprint density at radius 3 is 2.67 bits per heavy atom. The molecule has 7 nitrogen and oxygen atoms in total. The summed E-state index contributed by atoms with van der Waals surface area (Å²) in [5.74, 6) is -0.143. The Morgan fingerprint density at radius 2 is 1.92 bits per heavy atom. The first kappa shape index (κ1) is 14.1. The van der Waals surface area contributed by atoms with Gasteiger partial charge in [-0.05, 0) is 28.0 Å². The molecule has 118 valence electrons.